The van der Waals surface area contributed by atoms with E-state index in [1.54, 1.807) is 30.0 Å². The van der Waals surface area contributed by atoms with Crippen LogP contribution in [0.15, 0.2) is 52.3 Å². The molecule has 0 spiro atoms. The molecule has 1 amide bonds. The first-order valence-corrected chi connectivity index (χ1v) is 12.7. The number of benzene rings is 2. The van der Waals surface area contributed by atoms with E-state index in [9.17, 15) is 13.2 Å². The highest BCUT2D eigenvalue weighted by atomic mass is 32.2. The maximum atomic E-state index is 13.2. The summed E-state index contributed by atoms with van der Waals surface area (Å²) in [6, 6.07) is 12.5. The van der Waals surface area contributed by atoms with Crippen molar-refractivity contribution in [2.45, 2.75) is 36.5 Å². The van der Waals surface area contributed by atoms with Crippen LogP contribution in [0.2, 0.25) is 0 Å². The number of piperidine rings is 1. The zero-order chi connectivity index (χ0) is 21.7. The molecule has 3 rings (SSSR count). The van der Waals surface area contributed by atoms with E-state index in [0.29, 0.717) is 31.7 Å². The van der Waals surface area contributed by atoms with Crippen molar-refractivity contribution in [3.8, 4) is 5.75 Å². The van der Waals surface area contributed by atoms with Gasteiger partial charge in [-0.1, -0.05) is 6.07 Å². The molecule has 1 aliphatic heterocycles. The molecule has 1 atom stereocenters. The standard InChI is InChI=1S/C22H28N2O4S2/c1-4-28-21-11-10-20(13-16(21)2)30(26,27)24-12-6-7-17(15-24)22(25)23-18-8-5-9-19(14-18)29-3/h5,8-11,13-14,17H,4,6-7,12,15H2,1-3H3,(H,23,25)/t17-/m0/s1. The van der Waals surface area contributed by atoms with Crippen LogP contribution < -0.4 is 10.1 Å². The van der Waals surface area contributed by atoms with Gasteiger partial charge in [-0.15, -0.1) is 11.8 Å². The molecule has 1 saturated heterocycles. The summed E-state index contributed by atoms with van der Waals surface area (Å²) in [4.78, 5) is 14.1. The van der Waals surface area contributed by atoms with Crippen LogP contribution in [0.4, 0.5) is 5.69 Å². The number of carbonyl (C=O) groups is 1. The van der Waals surface area contributed by atoms with Crippen LogP contribution in [0.25, 0.3) is 0 Å². The minimum atomic E-state index is -3.67. The second kappa shape index (κ2) is 9.85. The second-order valence-corrected chi connectivity index (χ2v) is 10.1. The Bertz CT molecular complexity index is 1010. The number of nitrogens with one attached hydrogen (secondary N) is 1. The number of nitrogens with zero attached hydrogens (tertiary/aromatic N) is 1. The molecule has 8 heteroatoms. The van der Waals surface area contributed by atoms with Crippen molar-refractivity contribution >= 4 is 33.4 Å². The number of sulfonamides is 1. The van der Waals surface area contributed by atoms with Gasteiger partial charge in [0.25, 0.3) is 0 Å². The van der Waals surface area contributed by atoms with E-state index in [1.807, 2.05) is 44.4 Å². The van der Waals surface area contributed by atoms with E-state index in [0.717, 1.165) is 16.1 Å². The summed E-state index contributed by atoms with van der Waals surface area (Å²) >= 11 is 1.60. The fourth-order valence-electron chi connectivity index (χ4n) is 3.57. The molecule has 1 fully saturated rings. The fourth-order valence-corrected chi connectivity index (χ4v) is 5.64. The van der Waals surface area contributed by atoms with Crippen LogP contribution >= 0.6 is 11.8 Å². The number of hydrogen-bond donors (Lipinski definition) is 1. The summed E-state index contributed by atoms with van der Waals surface area (Å²) in [5.41, 5.74) is 1.51. The zero-order valence-corrected chi connectivity index (χ0v) is 19.2. The van der Waals surface area contributed by atoms with Gasteiger partial charge in [-0.2, -0.15) is 4.31 Å². The molecule has 0 bridgehead atoms. The number of ether oxygens (including phenoxy) is 1. The van der Waals surface area contributed by atoms with Gasteiger partial charge >= 0.3 is 0 Å². The number of amides is 1. The molecule has 2 aromatic rings. The summed E-state index contributed by atoms with van der Waals surface area (Å²) < 4.78 is 33.3. The lowest BCUT2D eigenvalue weighted by Gasteiger charge is -2.31. The summed E-state index contributed by atoms with van der Waals surface area (Å²) in [5.74, 6) is 0.158. The first kappa shape index (κ1) is 22.7. The lowest BCUT2D eigenvalue weighted by Crippen LogP contribution is -2.43. The summed E-state index contributed by atoms with van der Waals surface area (Å²) in [6.45, 7) is 4.85. The molecule has 1 N–H and O–H groups in total. The van der Waals surface area contributed by atoms with Crippen LogP contribution in [0.5, 0.6) is 5.75 Å². The van der Waals surface area contributed by atoms with E-state index in [1.165, 1.54) is 4.31 Å². The Morgan fingerprint density at radius 3 is 2.77 bits per heavy atom. The topological polar surface area (TPSA) is 75.7 Å². The molecular weight excluding hydrogens is 420 g/mol. The van der Waals surface area contributed by atoms with Crippen molar-refractivity contribution in [1.82, 2.24) is 4.31 Å². The molecule has 0 radical (unpaired) electrons. The number of aryl methyl sites for hydroxylation is 1. The van der Waals surface area contributed by atoms with Crippen LogP contribution in [-0.2, 0) is 14.8 Å². The van der Waals surface area contributed by atoms with Crippen molar-refractivity contribution < 1.29 is 17.9 Å². The first-order valence-electron chi connectivity index (χ1n) is 10.0. The van der Waals surface area contributed by atoms with Crippen LogP contribution in [0.1, 0.15) is 25.3 Å². The largest absolute Gasteiger partial charge is 0.494 e. The lowest BCUT2D eigenvalue weighted by atomic mass is 9.99. The van der Waals surface area contributed by atoms with E-state index in [2.05, 4.69) is 5.32 Å². The van der Waals surface area contributed by atoms with Crippen molar-refractivity contribution in [2.75, 3.05) is 31.3 Å². The summed E-state index contributed by atoms with van der Waals surface area (Å²) in [5, 5.41) is 2.94. The summed E-state index contributed by atoms with van der Waals surface area (Å²) in [7, 11) is -3.67. The third-order valence-electron chi connectivity index (χ3n) is 5.18. The van der Waals surface area contributed by atoms with E-state index < -0.39 is 10.0 Å². The number of thioether (sulfide) groups is 1. The van der Waals surface area contributed by atoms with Gasteiger partial charge in [0.1, 0.15) is 5.75 Å². The maximum Gasteiger partial charge on any atom is 0.243 e. The monoisotopic (exact) mass is 448 g/mol. The number of hydrogen-bond acceptors (Lipinski definition) is 5. The van der Waals surface area contributed by atoms with E-state index in [-0.39, 0.29) is 23.3 Å². The molecule has 0 saturated carbocycles. The minimum absolute atomic E-state index is 0.143. The van der Waals surface area contributed by atoms with E-state index in [4.69, 9.17) is 4.74 Å². The predicted octanol–water partition coefficient (Wildman–Crippen LogP) is 4.16. The molecule has 6 nitrogen and oxygen atoms in total. The van der Waals surface area contributed by atoms with Gasteiger partial charge in [0.15, 0.2) is 0 Å². The van der Waals surface area contributed by atoms with Gasteiger partial charge < -0.3 is 10.1 Å². The smallest absolute Gasteiger partial charge is 0.243 e. The SMILES string of the molecule is CCOc1ccc(S(=O)(=O)N2CCC[C@H](C(=O)Nc3cccc(SC)c3)C2)cc1C. The molecule has 1 aliphatic rings. The highest BCUT2D eigenvalue weighted by Crippen LogP contribution is 2.28. The lowest BCUT2D eigenvalue weighted by molar-refractivity contribution is -0.120. The Balaban J connectivity index is 1.73. The second-order valence-electron chi connectivity index (χ2n) is 7.28. The Morgan fingerprint density at radius 1 is 1.27 bits per heavy atom. The molecule has 0 unspecified atom stereocenters. The number of carbonyl (C=O) groups excluding carboxylic acids is 1. The molecular formula is C22H28N2O4S2. The van der Waals surface area contributed by atoms with Crippen molar-refractivity contribution in [1.29, 1.82) is 0 Å². The number of anilines is 1. The van der Waals surface area contributed by atoms with Gasteiger partial charge in [-0.25, -0.2) is 8.42 Å². The highest BCUT2D eigenvalue weighted by molar-refractivity contribution is 7.98. The van der Waals surface area contributed by atoms with Gasteiger partial charge in [0, 0.05) is 23.7 Å². The molecule has 2 aromatic carbocycles. The Hall–Kier alpha value is -2.03. The first-order chi connectivity index (χ1) is 14.3. The fraction of sp³-hybridized carbons (Fsp3) is 0.409. The van der Waals surface area contributed by atoms with Gasteiger partial charge in [0.05, 0.1) is 17.4 Å². The predicted molar refractivity (Wildman–Crippen MR) is 121 cm³/mol. The van der Waals surface area contributed by atoms with Gasteiger partial charge in [-0.05, 0) is 74.9 Å². The maximum absolute atomic E-state index is 13.2. The average molecular weight is 449 g/mol. The van der Waals surface area contributed by atoms with Gasteiger partial charge in [0.2, 0.25) is 15.9 Å². The Kier molecular flexibility index (Phi) is 7.44. The molecule has 162 valence electrons. The molecule has 1 heterocycles. The summed E-state index contributed by atoms with van der Waals surface area (Å²) in [6.07, 6.45) is 3.30. The van der Waals surface area contributed by atoms with Crippen molar-refractivity contribution in [3.05, 3.63) is 48.0 Å². The average Bonchev–Trinajstić information content (AvgIpc) is 2.75. The zero-order valence-electron chi connectivity index (χ0n) is 17.6. The molecule has 0 aliphatic carbocycles. The molecule has 30 heavy (non-hydrogen) atoms. The minimum Gasteiger partial charge on any atom is -0.494 e. The normalized spacial score (nSPS) is 17.5. The van der Waals surface area contributed by atoms with E-state index >= 15 is 0 Å². The Morgan fingerprint density at radius 2 is 2.07 bits per heavy atom. The number of rotatable bonds is 7. The van der Waals surface area contributed by atoms with Crippen LogP contribution in [-0.4, -0.2) is 44.6 Å². The Labute approximate surface area is 183 Å². The third kappa shape index (κ3) is 5.17. The quantitative estimate of drug-likeness (QED) is 0.644. The van der Waals surface area contributed by atoms with Crippen LogP contribution in [0.3, 0.4) is 0 Å². The van der Waals surface area contributed by atoms with Crippen molar-refractivity contribution in [2.24, 2.45) is 5.92 Å². The molecule has 0 aromatic heterocycles. The van der Waals surface area contributed by atoms with Gasteiger partial charge in [-0.3, -0.25) is 4.79 Å². The van der Waals surface area contributed by atoms with Crippen molar-refractivity contribution in [3.63, 3.8) is 0 Å². The highest BCUT2D eigenvalue weighted by Gasteiger charge is 2.33. The third-order valence-corrected chi connectivity index (χ3v) is 7.76. The van der Waals surface area contributed by atoms with Crippen LogP contribution in [0, 0.1) is 12.8 Å².